The van der Waals surface area contributed by atoms with Gasteiger partial charge in [0, 0.05) is 0 Å². The van der Waals surface area contributed by atoms with Crippen molar-refractivity contribution < 1.29 is 19.8 Å². The largest absolute Gasteiger partial charge is 0.480 e. The fourth-order valence-electron chi connectivity index (χ4n) is 1.60. The highest BCUT2D eigenvalue weighted by molar-refractivity contribution is 5.98. The van der Waals surface area contributed by atoms with Crippen LogP contribution in [-0.4, -0.2) is 45.2 Å². The number of hydrogen-bond donors (Lipinski definition) is 2. The second-order valence-corrected chi connectivity index (χ2v) is 3.90. The van der Waals surface area contributed by atoms with Crippen molar-refractivity contribution in [2.24, 2.45) is 5.41 Å². The zero-order valence-corrected chi connectivity index (χ0v) is 9.45. The number of aliphatic carboxylic acids is 2. The molecule has 0 radical (unpaired) electrons. The van der Waals surface area contributed by atoms with E-state index in [-0.39, 0.29) is 35.9 Å². The summed E-state index contributed by atoms with van der Waals surface area (Å²) in [5, 5.41) is 18.1. The Balaban J connectivity index is 0. The van der Waals surface area contributed by atoms with Gasteiger partial charge in [0.25, 0.3) is 0 Å². The molecule has 2 N–H and O–H groups in total. The van der Waals surface area contributed by atoms with Gasteiger partial charge in [-0.15, -0.1) is 0 Å². The van der Waals surface area contributed by atoms with Crippen molar-refractivity contribution in [2.45, 2.75) is 52.4 Å². The van der Waals surface area contributed by atoms with Gasteiger partial charge in [-0.05, 0) is 12.8 Å². The van der Waals surface area contributed by atoms with Crippen LogP contribution in [0.1, 0.15) is 52.4 Å². The lowest BCUT2D eigenvalue weighted by Crippen LogP contribution is -2.39. The lowest BCUT2D eigenvalue weighted by molar-refractivity contribution is -0.166. The molecule has 5 heteroatoms. The molecule has 0 aromatic carbocycles. The van der Waals surface area contributed by atoms with Gasteiger partial charge in [0.15, 0.2) is 5.41 Å². The molecular formula is C11H22MgO4. The summed E-state index contributed by atoms with van der Waals surface area (Å²) >= 11 is 0. The fourth-order valence-corrected chi connectivity index (χ4v) is 1.60. The molecule has 0 aromatic rings. The van der Waals surface area contributed by atoms with E-state index < -0.39 is 17.4 Å². The maximum Gasteiger partial charge on any atom is 0.321 e. The number of hydrogen-bond acceptors (Lipinski definition) is 2. The molecule has 0 rings (SSSR count). The lowest BCUT2D eigenvalue weighted by atomic mass is 9.78. The van der Waals surface area contributed by atoms with Gasteiger partial charge in [-0.1, -0.05) is 39.5 Å². The lowest BCUT2D eigenvalue weighted by Gasteiger charge is -2.24. The van der Waals surface area contributed by atoms with E-state index in [0.717, 1.165) is 12.8 Å². The molecule has 0 aliphatic carbocycles. The monoisotopic (exact) mass is 242 g/mol. The molecule has 0 aliphatic rings. The van der Waals surface area contributed by atoms with Crippen LogP contribution in [0.25, 0.3) is 0 Å². The average molecular weight is 243 g/mol. The van der Waals surface area contributed by atoms with E-state index in [4.69, 9.17) is 10.2 Å². The van der Waals surface area contributed by atoms with E-state index in [1.165, 1.54) is 0 Å². The molecule has 0 unspecified atom stereocenters. The number of carboxylic acids is 2. The summed E-state index contributed by atoms with van der Waals surface area (Å²) in [4.78, 5) is 22.2. The Morgan fingerprint density at radius 2 is 1.25 bits per heavy atom. The highest BCUT2D eigenvalue weighted by Crippen LogP contribution is 2.32. The van der Waals surface area contributed by atoms with Crippen LogP contribution in [0.15, 0.2) is 0 Å². The molecule has 0 aromatic heterocycles. The van der Waals surface area contributed by atoms with Gasteiger partial charge >= 0.3 is 35.0 Å². The highest BCUT2D eigenvalue weighted by atomic mass is 24.3. The Hall–Kier alpha value is -0.294. The van der Waals surface area contributed by atoms with Crippen LogP contribution in [0.3, 0.4) is 0 Å². The van der Waals surface area contributed by atoms with Crippen LogP contribution in [0.2, 0.25) is 0 Å². The number of carbonyl (C=O) groups is 2. The quantitative estimate of drug-likeness (QED) is 0.501. The van der Waals surface area contributed by atoms with E-state index in [1.54, 1.807) is 0 Å². The maximum atomic E-state index is 11.1. The van der Waals surface area contributed by atoms with Crippen LogP contribution >= 0.6 is 0 Å². The number of rotatable bonds is 8. The highest BCUT2D eigenvalue weighted by Gasteiger charge is 2.44. The Morgan fingerprint density at radius 3 is 1.44 bits per heavy atom. The van der Waals surface area contributed by atoms with Crippen molar-refractivity contribution in [3.63, 3.8) is 0 Å². The summed E-state index contributed by atoms with van der Waals surface area (Å²) in [6, 6.07) is 0. The predicted octanol–water partition coefficient (Wildman–Crippen LogP) is 1.61. The number of unbranched alkanes of at least 4 members (excludes halogenated alkanes) is 2. The van der Waals surface area contributed by atoms with Gasteiger partial charge in [0.05, 0.1) is 0 Å². The Morgan fingerprint density at radius 1 is 0.938 bits per heavy atom. The predicted molar refractivity (Wildman–Crippen MR) is 65.3 cm³/mol. The van der Waals surface area contributed by atoms with Gasteiger partial charge in [-0.3, -0.25) is 9.59 Å². The molecular weight excluding hydrogens is 220 g/mol. The molecule has 0 spiro atoms. The van der Waals surface area contributed by atoms with Crippen LogP contribution in [-0.2, 0) is 9.59 Å². The average Bonchev–Trinajstić information content (AvgIpc) is 2.17. The zero-order valence-electron chi connectivity index (χ0n) is 9.45. The van der Waals surface area contributed by atoms with Crippen LogP contribution in [0.4, 0.5) is 0 Å². The van der Waals surface area contributed by atoms with Crippen molar-refractivity contribution in [3.8, 4) is 0 Å². The molecule has 0 amide bonds. The first-order valence-electron chi connectivity index (χ1n) is 5.48. The summed E-state index contributed by atoms with van der Waals surface area (Å²) in [6.07, 6.45) is 3.37. The first-order valence-corrected chi connectivity index (χ1v) is 5.48. The molecule has 0 atom stereocenters. The van der Waals surface area contributed by atoms with E-state index in [1.807, 2.05) is 13.8 Å². The summed E-state index contributed by atoms with van der Waals surface area (Å²) < 4.78 is 0. The first kappa shape index (κ1) is 18.1. The normalized spacial score (nSPS) is 10.6. The van der Waals surface area contributed by atoms with E-state index in [0.29, 0.717) is 12.8 Å². The maximum absolute atomic E-state index is 11.1. The minimum Gasteiger partial charge on any atom is -0.480 e. The summed E-state index contributed by atoms with van der Waals surface area (Å²) in [5.41, 5.74) is -1.56. The second-order valence-electron chi connectivity index (χ2n) is 3.90. The number of carboxylic acid groups (broad SMARTS) is 2. The molecule has 0 aliphatic heterocycles. The molecule has 92 valence electrons. The summed E-state index contributed by atoms with van der Waals surface area (Å²) in [6.45, 7) is 3.85. The smallest absolute Gasteiger partial charge is 0.321 e. The molecule has 0 bridgehead atoms. The van der Waals surface area contributed by atoms with Gasteiger partial charge in [0.1, 0.15) is 0 Å². The molecule has 0 heterocycles. The van der Waals surface area contributed by atoms with E-state index in [2.05, 4.69) is 0 Å². The molecule has 0 saturated heterocycles. The third kappa shape index (κ3) is 4.70. The van der Waals surface area contributed by atoms with Crippen molar-refractivity contribution in [1.29, 1.82) is 0 Å². The Kier molecular flexibility index (Phi) is 9.96. The Labute approximate surface area is 113 Å². The van der Waals surface area contributed by atoms with Crippen molar-refractivity contribution >= 4 is 35.0 Å². The van der Waals surface area contributed by atoms with Gasteiger partial charge < -0.3 is 10.2 Å². The van der Waals surface area contributed by atoms with Crippen LogP contribution < -0.4 is 0 Å². The first-order chi connectivity index (χ1) is 7.01. The van der Waals surface area contributed by atoms with Gasteiger partial charge in [-0.25, -0.2) is 0 Å². The minimum atomic E-state index is -1.56. The van der Waals surface area contributed by atoms with Crippen molar-refractivity contribution in [3.05, 3.63) is 0 Å². The van der Waals surface area contributed by atoms with Crippen molar-refractivity contribution in [1.82, 2.24) is 0 Å². The summed E-state index contributed by atoms with van der Waals surface area (Å²) in [5.74, 6) is -2.39. The SMILES string of the molecule is CCCCC(CCCC)(C(=O)O)C(=O)O.[MgH2]. The third-order valence-corrected chi connectivity index (χ3v) is 2.73. The van der Waals surface area contributed by atoms with Crippen LogP contribution in [0.5, 0.6) is 0 Å². The van der Waals surface area contributed by atoms with E-state index in [9.17, 15) is 9.59 Å². The standard InChI is InChI=1S/C11H20O4.Mg.2H/c1-3-5-7-11(9(12)13,10(14)15)8-6-4-2;;;/h3-8H2,1-2H3,(H,12,13)(H,14,15);;;. The Bertz CT molecular complexity index is 204. The van der Waals surface area contributed by atoms with Crippen LogP contribution in [0, 0.1) is 5.41 Å². The molecule has 0 saturated carbocycles. The minimum absolute atomic E-state index is 0. The fraction of sp³-hybridized carbons (Fsp3) is 0.818. The third-order valence-electron chi connectivity index (χ3n) is 2.73. The second kappa shape index (κ2) is 8.81. The molecule has 16 heavy (non-hydrogen) atoms. The zero-order chi connectivity index (χ0) is 11.9. The van der Waals surface area contributed by atoms with Gasteiger partial charge in [-0.2, -0.15) is 0 Å². The topological polar surface area (TPSA) is 74.6 Å². The molecule has 0 fully saturated rings. The summed E-state index contributed by atoms with van der Waals surface area (Å²) in [7, 11) is 0. The molecule has 4 nitrogen and oxygen atoms in total. The van der Waals surface area contributed by atoms with Gasteiger partial charge in [0.2, 0.25) is 0 Å². The van der Waals surface area contributed by atoms with E-state index >= 15 is 0 Å². The van der Waals surface area contributed by atoms with Crippen molar-refractivity contribution in [2.75, 3.05) is 0 Å².